The van der Waals surface area contributed by atoms with Crippen LogP contribution in [0.3, 0.4) is 0 Å². The Labute approximate surface area is 107 Å². The molecule has 3 atom stereocenters. The third kappa shape index (κ3) is 1.87. The lowest BCUT2D eigenvalue weighted by Crippen LogP contribution is -2.34. The molecule has 0 bridgehead atoms. The number of hydrogen-bond acceptors (Lipinski definition) is 3. The minimum Gasteiger partial charge on any atom is -0.508 e. The smallest absolute Gasteiger partial charge is 0.119 e. The molecule has 0 spiro atoms. The maximum Gasteiger partial charge on any atom is 0.119 e. The summed E-state index contributed by atoms with van der Waals surface area (Å²) in [6.07, 6.45) is 5.23. The lowest BCUT2D eigenvalue weighted by Gasteiger charge is -2.22. The lowest BCUT2D eigenvalue weighted by molar-refractivity contribution is 0.400. The van der Waals surface area contributed by atoms with Crippen molar-refractivity contribution in [1.29, 1.82) is 5.26 Å². The zero-order chi connectivity index (χ0) is 12.5. The highest BCUT2D eigenvalue weighted by molar-refractivity contribution is 5.44. The largest absolute Gasteiger partial charge is 0.508 e. The van der Waals surface area contributed by atoms with Gasteiger partial charge in [0.15, 0.2) is 0 Å². The zero-order valence-corrected chi connectivity index (χ0v) is 10.4. The van der Waals surface area contributed by atoms with Crippen LogP contribution in [0.5, 0.6) is 5.75 Å². The predicted molar refractivity (Wildman–Crippen MR) is 69.0 cm³/mol. The van der Waals surface area contributed by atoms with E-state index in [2.05, 4.69) is 17.5 Å². The molecule has 0 heterocycles. The summed E-state index contributed by atoms with van der Waals surface area (Å²) in [5.41, 5.74) is 2.31. The van der Waals surface area contributed by atoms with Gasteiger partial charge in [-0.3, -0.25) is 0 Å². The number of benzene rings is 1. The third-order valence-electron chi connectivity index (χ3n) is 4.34. The van der Waals surface area contributed by atoms with Gasteiger partial charge in [-0.15, -0.1) is 0 Å². The normalized spacial score (nSPS) is 30.1. The van der Waals surface area contributed by atoms with Crippen LogP contribution in [0.25, 0.3) is 0 Å². The van der Waals surface area contributed by atoms with Gasteiger partial charge in [-0.2, -0.15) is 5.26 Å². The molecule has 0 saturated heterocycles. The highest BCUT2D eigenvalue weighted by Gasteiger charge is 2.32. The van der Waals surface area contributed by atoms with E-state index in [1.165, 1.54) is 5.56 Å². The molecule has 0 aromatic heterocycles. The van der Waals surface area contributed by atoms with Crippen molar-refractivity contribution in [1.82, 2.24) is 5.32 Å². The van der Waals surface area contributed by atoms with Crippen molar-refractivity contribution in [2.75, 3.05) is 0 Å². The molecule has 1 fully saturated rings. The van der Waals surface area contributed by atoms with Gasteiger partial charge in [0.1, 0.15) is 5.75 Å². The van der Waals surface area contributed by atoms with Gasteiger partial charge in [-0.25, -0.2) is 0 Å². The Morgan fingerprint density at radius 3 is 3.00 bits per heavy atom. The monoisotopic (exact) mass is 242 g/mol. The van der Waals surface area contributed by atoms with Crippen LogP contribution in [0, 0.1) is 17.2 Å². The molecule has 1 saturated carbocycles. The van der Waals surface area contributed by atoms with Crippen LogP contribution >= 0.6 is 0 Å². The van der Waals surface area contributed by atoms with Gasteiger partial charge in [0.25, 0.3) is 0 Å². The van der Waals surface area contributed by atoms with Crippen LogP contribution in [0.2, 0.25) is 0 Å². The summed E-state index contributed by atoms with van der Waals surface area (Å²) in [4.78, 5) is 0. The van der Waals surface area contributed by atoms with Gasteiger partial charge in [-0.05, 0) is 42.9 Å². The SMILES string of the molecule is N#CC1CCCC1NC1CCc2c(O)cccc21. The molecule has 94 valence electrons. The van der Waals surface area contributed by atoms with Gasteiger partial charge in [0.05, 0.1) is 12.0 Å². The number of phenols is 1. The first-order valence-corrected chi connectivity index (χ1v) is 6.76. The summed E-state index contributed by atoms with van der Waals surface area (Å²) in [7, 11) is 0. The van der Waals surface area contributed by atoms with Gasteiger partial charge < -0.3 is 10.4 Å². The first kappa shape index (κ1) is 11.6. The molecule has 0 amide bonds. The number of rotatable bonds is 2. The van der Waals surface area contributed by atoms with E-state index < -0.39 is 0 Å². The minimum atomic E-state index is 0.159. The van der Waals surface area contributed by atoms with Crippen molar-refractivity contribution in [2.24, 2.45) is 5.92 Å². The average Bonchev–Trinajstić information content (AvgIpc) is 2.98. The molecule has 3 nitrogen and oxygen atoms in total. The van der Waals surface area contributed by atoms with Crippen LogP contribution in [-0.4, -0.2) is 11.1 Å². The molecule has 2 aliphatic rings. The highest BCUT2D eigenvalue weighted by Crippen LogP contribution is 2.38. The standard InChI is InChI=1S/C15H18N2O/c16-9-10-3-1-5-13(10)17-14-8-7-12-11(14)4-2-6-15(12)18/h2,4,6,10,13-14,17-18H,1,3,5,7-8H2. The van der Waals surface area contributed by atoms with Crippen molar-refractivity contribution in [3.05, 3.63) is 29.3 Å². The van der Waals surface area contributed by atoms with Crippen LogP contribution < -0.4 is 5.32 Å². The number of fused-ring (bicyclic) bond motifs is 1. The molecule has 3 heteroatoms. The number of hydrogen-bond donors (Lipinski definition) is 2. The maximum atomic E-state index is 9.83. The predicted octanol–water partition coefficient (Wildman–Crippen LogP) is 2.66. The Hall–Kier alpha value is -1.53. The summed E-state index contributed by atoms with van der Waals surface area (Å²) >= 11 is 0. The Kier molecular flexibility index (Phi) is 2.97. The van der Waals surface area contributed by atoms with Crippen LogP contribution in [0.1, 0.15) is 42.9 Å². The van der Waals surface area contributed by atoms with E-state index in [0.29, 0.717) is 17.8 Å². The van der Waals surface area contributed by atoms with Gasteiger partial charge in [0, 0.05) is 12.1 Å². The van der Waals surface area contributed by atoms with Gasteiger partial charge >= 0.3 is 0 Å². The molecule has 0 aliphatic heterocycles. The molecule has 1 aromatic rings. The molecule has 3 rings (SSSR count). The first-order chi connectivity index (χ1) is 8.79. The summed E-state index contributed by atoms with van der Waals surface area (Å²) < 4.78 is 0. The fraction of sp³-hybridized carbons (Fsp3) is 0.533. The van der Waals surface area contributed by atoms with Gasteiger partial charge in [0.2, 0.25) is 0 Å². The summed E-state index contributed by atoms with van der Waals surface area (Å²) in [5, 5.41) is 22.6. The Morgan fingerprint density at radius 1 is 1.28 bits per heavy atom. The average molecular weight is 242 g/mol. The van der Waals surface area contributed by atoms with Crippen molar-refractivity contribution in [3.8, 4) is 11.8 Å². The molecule has 2 aliphatic carbocycles. The summed E-state index contributed by atoms with van der Waals surface area (Å²) in [6, 6.07) is 8.81. The Balaban J connectivity index is 1.77. The van der Waals surface area contributed by atoms with E-state index in [1.54, 1.807) is 6.07 Å². The Bertz CT molecular complexity index is 492. The highest BCUT2D eigenvalue weighted by atomic mass is 16.3. The van der Waals surface area contributed by atoms with Crippen molar-refractivity contribution < 1.29 is 5.11 Å². The van der Waals surface area contributed by atoms with E-state index in [-0.39, 0.29) is 5.92 Å². The van der Waals surface area contributed by atoms with Crippen LogP contribution in [0.4, 0.5) is 0 Å². The molecule has 0 radical (unpaired) electrons. The van der Waals surface area contributed by atoms with E-state index in [9.17, 15) is 5.11 Å². The van der Waals surface area contributed by atoms with Crippen LogP contribution in [0.15, 0.2) is 18.2 Å². The molecular weight excluding hydrogens is 224 g/mol. The molecule has 2 N–H and O–H groups in total. The maximum absolute atomic E-state index is 9.83. The van der Waals surface area contributed by atoms with Crippen molar-refractivity contribution in [2.45, 2.75) is 44.2 Å². The summed E-state index contributed by atoms with van der Waals surface area (Å²) in [5.74, 6) is 0.575. The second-order valence-electron chi connectivity index (χ2n) is 5.38. The second-order valence-corrected chi connectivity index (χ2v) is 5.38. The lowest BCUT2D eigenvalue weighted by atomic mass is 10.0. The first-order valence-electron chi connectivity index (χ1n) is 6.76. The van der Waals surface area contributed by atoms with E-state index in [4.69, 9.17) is 5.26 Å². The Morgan fingerprint density at radius 2 is 2.17 bits per heavy atom. The molecule has 3 unspecified atom stereocenters. The van der Waals surface area contributed by atoms with E-state index in [1.807, 2.05) is 6.07 Å². The molecule has 18 heavy (non-hydrogen) atoms. The van der Waals surface area contributed by atoms with Crippen molar-refractivity contribution in [3.63, 3.8) is 0 Å². The second kappa shape index (κ2) is 4.62. The fourth-order valence-corrected chi connectivity index (χ4v) is 3.38. The van der Waals surface area contributed by atoms with E-state index in [0.717, 1.165) is 37.7 Å². The van der Waals surface area contributed by atoms with Crippen LogP contribution in [-0.2, 0) is 6.42 Å². The van der Waals surface area contributed by atoms with E-state index >= 15 is 0 Å². The quantitative estimate of drug-likeness (QED) is 0.838. The number of aromatic hydroxyl groups is 1. The number of nitrogens with zero attached hydrogens (tertiary/aromatic N) is 1. The number of phenolic OH excluding ortho intramolecular Hbond substituents is 1. The number of nitrogens with one attached hydrogen (secondary N) is 1. The minimum absolute atomic E-state index is 0.159. The van der Waals surface area contributed by atoms with Crippen molar-refractivity contribution >= 4 is 0 Å². The van der Waals surface area contributed by atoms with Gasteiger partial charge in [-0.1, -0.05) is 18.6 Å². The molecule has 1 aromatic carbocycles. The fourth-order valence-electron chi connectivity index (χ4n) is 3.38. The topological polar surface area (TPSA) is 56.0 Å². The number of nitriles is 1. The molecular formula is C15H18N2O. The third-order valence-corrected chi connectivity index (χ3v) is 4.34. The summed E-state index contributed by atoms with van der Waals surface area (Å²) in [6.45, 7) is 0. The zero-order valence-electron chi connectivity index (χ0n) is 10.4.